The number of nitrogens with one attached hydrogen (secondary N) is 1. The van der Waals surface area contributed by atoms with E-state index in [2.05, 4.69) is 10.2 Å². The Hall–Kier alpha value is -3.81. The highest BCUT2D eigenvalue weighted by Crippen LogP contribution is 2.34. The van der Waals surface area contributed by atoms with Crippen LogP contribution in [0.25, 0.3) is 27.2 Å². The lowest BCUT2D eigenvalue weighted by molar-refractivity contribution is 0.196. The number of ether oxygens (including phenoxy) is 1. The lowest BCUT2D eigenvalue weighted by Gasteiger charge is -2.25. The minimum absolute atomic E-state index is 0.0619. The maximum absolute atomic E-state index is 14.8. The Morgan fingerprint density at radius 3 is 2.64 bits per heavy atom. The Bertz CT molecular complexity index is 1360. The van der Waals surface area contributed by atoms with Crippen molar-refractivity contribution in [2.75, 3.05) is 44.8 Å². The molecule has 3 aromatic rings. The van der Waals surface area contributed by atoms with Crippen molar-refractivity contribution < 1.29 is 18.6 Å². The van der Waals surface area contributed by atoms with Crippen LogP contribution in [0.15, 0.2) is 41.2 Å². The lowest BCUT2D eigenvalue weighted by Crippen LogP contribution is -2.34. The van der Waals surface area contributed by atoms with Crippen molar-refractivity contribution >= 4 is 11.6 Å². The Morgan fingerprint density at radius 2 is 2.00 bits per heavy atom. The van der Waals surface area contributed by atoms with Gasteiger partial charge in [-0.15, -0.1) is 0 Å². The number of aliphatic hydroxyl groups is 1. The molecular formula is C26H27F2N5O3. The molecule has 1 aromatic heterocycles. The molecule has 0 aliphatic carbocycles. The smallest absolute Gasteiger partial charge is 0.263 e. The Balaban J connectivity index is 1.87. The Labute approximate surface area is 207 Å². The van der Waals surface area contributed by atoms with Crippen LogP contribution >= 0.6 is 0 Å². The van der Waals surface area contributed by atoms with Crippen LogP contribution in [0.3, 0.4) is 0 Å². The van der Waals surface area contributed by atoms with Crippen molar-refractivity contribution in [3.8, 4) is 28.1 Å². The fraction of sp³-hybridized carbons (Fsp3) is 0.346. The van der Waals surface area contributed by atoms with Gasteiger partial charge in [0.2, 0.25) is 11.6 Å². The molecule has 0 bridgehead atoms. The van der Waals surface area contributed by atoms with Gasteiger partial charge in [0.05, 0.1) is 24.4 Å². The van der Waals surface area contributed by atoms with E-state index in [1.165, 1.54) is 34.9 Å². The molecule has 1 saturated heterocycles. The maximum Gasteiger partial charge on any atom is 0.263 e. The van der Waals surface area contributed by atoms with E-state index in [1.807, 2.05) is 11.9 Å². The summed E-state index contributed by atoms with van der Waals surface area (Å²) in [6.45, 7) is 9.25. The summed E-state index contributed by atoms with van der Waals surface area (Å²) in [5, 5.41) is 12.3. The van der Waals surface area contributed by atoms with Crippen LogP contribution in [0.5, 0.6) is 5.75 Å². The lowest BCUT2D eigenvalue weighted by atomic mass is 9.99. The Morgan fingerprint density at radius 1 is 1.25 bits per heavy atom. The molecule has 0 saturated carbocycles. The van der Waals surface area contributed by atoms with Gasteiger partial charge in [0, 0.05) is 26.2 Å². The van der Waals surface area contributed by atoms with Crippen molar-refractivity contribution in [3.63, 3.8) is 0 Å². The fourth-order valence-electron chi connectivity index (χ4n) is 4.41. The van der Waals surface area contributed by atoms with Crippen LogP contribution < -0.4 is 20.5 Å². The molecule has 8 nitrogen and oxygen atoms in total. The summed E-state index contributed by atoms with van der Waals surface area (Å²) in [4.78, 5) is 23.5. The number of rotatable bonds is 8. The number of benzene rings is 2. The summed E-state index contributed by atoms with van der Waals surface area (Å²) in [6, 6.07) is 8.08. The van der Waals surface area contributed by atoms with Crippen molar-refractivity contribution in [1.82, 2.24) is 14.9 Å². The topological polar surface area (TPSA) is 84.0 Å². The zero-order chi connectivity index (χ0) is 25.8. The average Bonchev–Trinajstić information content (AvgIpc) is 3.37. The van der Waals surface area contributed by atoms with Gasteiger partial charge < -0.3 is 20.1 Å². The Kier molecular flexibility index (Phi) is 7.62. The van der Waals surface area contributed by atoms with E-state index in [0.717, 1.165) is 25.6 Å². The molecule has 4 rings (SSSR count). The monoisotopic (exact) mass is 495 g/mol. The summed E-state index contributed by atoms with van der Waals surface area (Å²) in [7, 11) is 3.44. The number of hydrogen-bond acceptors (Lipinski definition) is 6. The molecule has 10 heteroatoms. The van der Waals surface area contributed by atoms with Gasteiger partial charge in [0.15, 0.2) is 11.6 Å². The third kappa shape index (κ3) is 5.08. The molecule has 1 fully saturated rings. The van der Waals surface area contributed by atoms with Crippen LogP contribution in [-0.4, -0.2) is 54.6 Å². The predicted octanol–water partition coefficient (Wildman–Crippen LogP) is 3.36. The second kappa shape index (κ2) is 10.8. The van der Waals surface area contributed by atoms with Crippen LogP contribution in [0.2, 0.25) is 0 Å². The number of halogens is 2. The molecular weight excluding hydrogens is 468 g/mol. The molecule has 36 heavy (non-hydrogen) atoms. The molecule has 188 valence electrons. The SMILES string of the molecule is [C-]#[N+]c1ccc(-c2nc(N(C)CC3CCNC3)n(C)c(=O)c2-c2ccc(OCCO)c(F)c2)cc1F. The van der Waals surface area contributed by atoms with E-state index in [-0.39, 0.29) is 41.5 Å². The van der Waals surface area contributed by atoms with Crippen molar-refractivity contribution in [2.45, 2.75) is 6.42 Å². The van der Waals surface area contributed by atoms with Gasteiger partial charge in [-0.2, -0.15) is 0 Å². The quantitative estimate of drug-likeness (QED) is 0.467. The van der Waals surface area contributed by atoms with E-state index in [0.29, 0.717) is 24.0 Å². The first-order valence-corrected chi connectivity index (χ1v) is 11.6. The fourth-order valence-corrected chi connectivity index (χ4v) is 4.41. The van der Waals surface area contributed by atoms with Crippen LogP contribution in [0, 0.1) is 24.1 Å². The zero-order valence-corrected chi connectivity index (χ0v) is 20.1. The summed E-state index contributed by atoms with van der Waals surface area (Å²) < 4.78 is 35.9. The maximum atomic E-state index is 14.8. The van der Waals surface area contributed by atoms with E-state index in [4.69, 9.17) is 21.4 Å². The number of aromatic nitrogens is 2. The van der Waals surface area contributed by atoms with E-state index in [1.54, 1.807) is 7.05 Å². The number of hydrogen-bond donors (Lipinski definition) is 2. The first-order valence-electron chi connectivity index (χ1n) is 11.6. The van der Waals surface area contributed by atoms with Gasteiger partial charge >= 0.3 is 0 Å². The normalized spacial score (nSPS) is 15.1. The highest BCUT2D eigenvalue weighted by atomic mass is 19.1. The van der Waals surface area contributed by atoms with Crippen LogP contribution in [0.4, 0.5) is 20.4 Å². The van der Waals surface area contributed by atoms with E-state index in [9.17, 15) is 13.6 Å². The number of aliphatic hydroxyl groups excluding tert-OH is 1. The molecule has 1 atom stereocenters. The molecule has 2 heterocycles. The molecule has 1 unspecified atom stereocenters. The van der Waals surface area contributed by atoms with Gasteiger partial charge in [-0.05, 0) is 49.2 Å². The molecule has 0 radical (unpaired) electrons. The summed E-state index contributed by atoms with van der Waals surface area (Å²) in [6.07, 6.45) is 1.01. The molecule has 0 amide bonds. The molecule has 0 spiro atoms. The van der Waals surface area contributed by atoms with Crippen molar-refractivity contribution in [2.24, 2.45) is 13.0 Å². The minimum atomic E-state index is -0.734. The summed E-state index contributed by atoms with van der Waals surface area (Å²) >= 11 is 0. The third-order valence-electron chi connectivity index (χ3n) is 6.21. The first kappa shape index (κ1) is 25.3. The van der Waals surface area contributed by atoms with E-state index >= 15 is 0 Å². The molecule has 2 aromatic carbocycles. The number of nitrogens with zero attached hydrogens (tertiary/aromatic N) is 4. The molecule has 2 N–H and O–H groups in total. The second-order valence-electron chi connectivity index (χ2n) is 8.73. The summed E-state index contributed by atoms with van der Waals surface area (Å²) in [5.74, 6) is -0.719. The standard InChI is InChI=1S/C26H27F2N5O3/c1-29-21-6-4-18(13-19(21)27)24-23(17-5-7-22(20(28)12-17)36-11-10-34)25(35)33(3)26(31-24)32(2)15-16-8-9-30-14-16/h4-7,12-13,16,30,34H,8-11,14-15H2,2-3H3. The highest BCUT2D eigenvalue weighted by Gasteiger charge is 2.24. The largest absolute Gasteiger partial charge is 0.488 e. The van der Waals surface area contributed by atoms with Crippen molar-refractivity contribution in [3.05, 3.63) is 69.8 Å². The van der Waals surface area contributed by atoms with E-state index < -0.39 is 17.2 Å². The second-order valence-corrected chi connectivity index (χ2v) is 8.73. The predicted molar refractivity (Wildman–Crippen MR) is 133 cm³/mol. The van der Waals surface area contributed by atoms with Gasteiger partial charge in [0.25, 0.3) is 5.56 Å². The zero-order valence-electron chi connectivity index (χ0n) is 20.1. The van der Waals surface area contributed by atoms with Crippen LogP contribution in [-0.2, 0) is 7.05 Å². The molecule has 1 aliphatic heterocycles. The van der Waals surface area contributed by atoms with Gasteiger partial charge in [-0.3, -0.25) is 9.36 Å². The van der Waals surface area contributed by atoms with Crippen molar-refractivity contribution in [1.29, 1.82) is 0 Å². The van der Waals surface area contributed by atoms with Gasteiger partial charge in [-0.1, -0.05) is 18.2 Å². The minimum Gasteiger partial charge on any atom is -0.488 e. The van der Waals surface area contributed by atoms with Crippen LogP contribution in [0.1, 0.15) is 6.42 Å². The summed E-state index contributed by atoms with van der Waals surface area (Å²) in [5.41, 5.74) is 0.251. The van der Waals surface area contributed by atoms with Gasteiger partial charge in [0.1, 0.15) is 12.4 Å². The highest BCUT2D eigenvalue weighted by molar-refractivity contribution is 5.82. The average molecular weight is 496 g/mol. The van der Waals surface area contributed by atoms with Gasteiger partial charge in [-0.25, -0.2) is 18.6 Å². The number of anilines is 1. The molecule has 1 aliphatic rings. The first-order chi connectivity index (χ1) is 17.3. The third-order valence-corrected chi connectivity index (χ3v) is 6.21.